The largest absolute Gasteiger partial charge is 0.371 e. The fourth-order valence-corrected chi connectivity index (χ4v) is 2.49. The average Bonchev–Trinajstić information content (AvgIpc) is 2.29. The van der Waals surface area contributed by atoms with Crippen LogP contribution in [0.5, 0.6) is 0 Å². The predicted molar refractivity (Wildman–Crippen MR) is 64.2 cm³/mol. The molecule has 1 aromatic rings. The minimum atomic E-state index is -4.63. The third kappa shape index (κ3) is 2.95. The summed E-state index contributed by atoms with van der Waals surface area (Å²) in [6.45, 7) is 1.55. The molecule has 1 aliphatic rings. The lowest BCUT2D eigenvalue weighted by Gasteiger charge is -2.32. The summed E-state index contributed by atoms with van der Waals surface area (Å²) in [5.41, 5.74) is 6.52. The summed E-state index contributed by atoms with van der Waals surface area (Å²) in [5, 5.41) is 0. The molecule has 1 aromatic carbocycles. The molecular formula is C11H15FN2O2S. The molecule has 0 aliphatic carbocycles. The quantitative estimate of drug-likeness (QED) is 0.811. The zero-order valence-corrected chi connectivity index (χ0v) is 10.2. The Labute approximate surface area is 100 Å². The lowest BCUT2D eigenvalue weighted by molar-refractivity contribution is 0.501. The van der Waals surface area contributed by atoms with Crippen LogP contribution in [-0.2, 0) is 10.2 Å². The molecule has 1 saturated heterocycles. The van der Waals surface area contributed by atoms with Crippen molar-refractivity contribution in [2.45, 2.75) is 23.8 Å². The highest BCUT2D eigenvalue weighted by molar-refractivity contribution is 7.86. The topological polar surface area (TPSA) is 63.4 Å². The number of rotatable bonds is 2. The van der Waals surface area contributed by atoms with E-state index in [1.54, 1.807) is 12.1 Å². The van der Waals surface area contributed by atoms with Crippen LogP contribution >= 0.6 is 0 Å². The van der Waals surface area contributed by atoms with Gasteiger partial charge in [0.05, 0.1) is 0 Å². The van der Waals surface area contributed by atoms with Gasteiger partial charge in [0.25, 0.3) is 0 Å². The minimum absolute atomic E-state index is 0.208. The summed E-state index contributed by atoms with van der Waals surface area (Å²) in [7, 11) is -4.63. The second-order valence-corrected chi connectivity index (χ2v) is 5.61. The Morgan fingerprint density at radius 2 is 1.94 bits per heavy atom. The van der Waals surface area contributed by atoms with Crippen LogP contribution in [0.3, 0.4) is 0 Å². The first kappa shape index (κ1) is 12.3. The van der Waals surface area contributed by atoms with Crippen molar-refractivity contribution in [3.63, 3.8) is 0 Å². The van der Waals surface area contributed by atoms with Gasteiger partial charge in [-0.05, 0) is 31.0 Å². The van der Waals surface area contributed by atoms with Gasteiger partial charge >= 0.3 is 10.2 Å². The molecule has 0 bridgehead atoms. The molecule has 0 amide bonds. The van der Waals surface area contributed by atoms with E-state index >= 15 is 0 Å². The van der Waals surface area contributed by atoms with E-state index in [2.05, 4.69) is 0 Å². The number of piperidine rings is 1. The number of nitrogens with zero attached hydrogens (tertiary/aromatic N) is 1. The highest BCUT2D eigenvalue weighted by Gasteiger charge is 2.18. The molecule has 0 unspecified atom stereocenters. The Kier molecular flexibility index (Phi) is 3.35. The zero-order valence-electron chi connectivity index (χ0n) is 9.34. The van der Waals surface area contributed by atoms with Gasteiger partial charge in [-0.3, -0.25) is 0 Å². The summed E-state index contributed by atoms with van der Waals surface area (Å²) in [6.07, 6.45) is 1.74. The van der Waals surface area contributed by atoms with Crippen LogP contribution in [0.1, 0.15) is 12.8 Å². The second-order valence-electron chi connectivity index (χ2n) is 4.26. The zero-order chi connectivity index (χ0) is 12.5. The van der Waals surface area contributed by atoms with E-state index in [1.807, 2.05) is 4.90 Å². The van der Waals surface area contributed by atoms with Crippen molar-refractivity contribution in [1.29, 1.82) is 0 Å². The van der Waals surface area contributed by atoms with Gasteiger partial charge in [0.15, 0.2) is 0 Å². The van der Waals surface area contributed by atoms with Gasteiger partial charge in [-0.15, -0.1) is 3.89 Å². The van der Waals surface area contributed by atoms with E-state index < -0.39 is 10.2 Å². The lowest BCUT2D eigenvalue weighted by atomic mass is 10.1. The van der Waals surface area contributed by atoms with Crippen LogP contribution in [0.4, 0.5) is 9.57 Å². The van der Waals surface area contributed by atoms with Crippen molar-refractivity contribution >= 4 is 15.9 Å². The molecule has 4 nitrogen and oxygen atoms in total. The third-order valence-electron chi connectivity index (χ3n) is 3.00. The number of nitrogens with two attached hydrogens (primary N) is 1. The maximum Gasteiger partial charge on any atom is 0.332 e. The van der Waals surface area contributed by atoms with E-state index in [4.69, 9.17) is 5.73 Å². The molecular weight excluding hydrogens is 243 g/mol. The highest BCUT2D eigenvalue weighted by Crippen LogP contribution is 2.23. The molecule has 1 heterocycles. The van der Waals surface area contributed by atoms with Gasteiger partial charge in [-0.2, -0.15) is 8.42 Å². The summed E-state index contributed by atoms with van der Waals surface area (Å²) in [4.78, 5) is 1.74. The third-order valence-corrected chi connectivity index (χ3v) is 3.82. The predicted octanol–water partition coefficient (Wildman–Crippen LogP) is 1.27. The highest BCUT2D eigenvalue weighted by atomic mass is 32.3. The van der Waals surface area contributed by atoms with Gasteiger partial charge in [-0.25, -0.2) is 0 Å². The number of benzene rings is 1. The molecule has 0 spiro atoms. The first-order valence-corrected chi connectivity index (χ1v) is 6.90. The van der Waals surface area contributed by atoms with Gasteiger partial charge in [0, 0.05) is 24.8 Å². The molecule has 0 aromatic heterocycles. The summed E-state index contributed by atoms with van der Waals surface area (Å²) in [6, 6.07) is 6.17. The number of anilines is 1. The summed E-state index contributed by atoms with van der Waals surface area (Å²) < 4.78 is 34.5. The van der Waals surface area contributed by atoms with E-state index in [-0.39, 0.29) is 10.9 Å². The standard InChI is InChI=1S/C11H15FN2O2S/c12-17(15,16)11-3-1-2-10(8-11)14-6-4-9(13)5-7-14/h1-3,8-9H,4-7,13H2. The van der Waals surface area contributed by atoms with Crippen LogP contribution in [0, 0.1) is 0 Å². The first-order chi connectivity index (χ1) is 7.97. The Morgan fingerprint density at radius 3 is 2.53 bits per heavy atom. The SMILES string of the molecule is NC1CCN(c2cccc(S(=O)(=O)F)c2)CC1. The van der Waals surface area contributed by atoms with Crippen LogP contribution < -0.4 is 10.6 Å². The number of hydrogen-bond donors (Lipinski definition) is 1. The Hall–Kier alpha value is -1.14. The molecule has 2 N–H and O–H groups in total. The maximum atomic E-state index is 12.9. The minimum Gasteiger partial charge on any atom is -0.371 e. The fraction of sp³-hybridized carbons (Fsp3) is 0.455. The van der Waals surface area contributed by atoms with Crippen molar-refractivity contribution < 1.29 is 12.3 Å². The summed E-state index contributed by atoms with van der Waals surface area (Å²) in [5.74, 6) is 0. The second kappa shape index (κ2) is 4.62. The van der Waals surface area contributed by atoms with Gasteiger partial charge in [0.2, 0.25) is 0 Å². The molecule has 0 saturated carbocycles. The van der Waals surface area contributed by atoms with E-state index in [1.165, 1.54) is 12.1 Å². The van der Waals surface area contributed by atoms with Crippen molar-refractivity contribution in [1.82, 2.24) is 0 Å². The van der Waals surface area contributed by atoms with Crippen molar-refractivity contribution in [3.8, 4) is 0 Å². The summed E-state index contributed by atoms with van der Waals surface area (Å²) >= 11 is 0. The normalized spacial score (nSPS) is 18.4. The molecule has 0 atom stereocenters. The molecule has 94 valence electrons. The Morgan fingerprint density at radius 1 is 1.29 bits per heavy atom. The monoisotopic (exact) mass is 258 g/mol. The van der Waals surface area contributed by atoms with Crippen LogP contribution in [-0.4, -0.2) is 27.5 Å². The van der Waals surface area contributed by atoms with Crippen LogP contribution in [0.2, 0.25) is 0 Å². The van der Waals surface area contributed by atoms with E-state index in [9.17, 15) is 12.3 Å². The van der Waals surface area contributed by atoms with Crippen LogP contribution in [0.15, 0.2) is 29.2 Å². The average molecular weight is 258 g/mol. The van der Waals surface area contributed by atoms with Crippen molar-refractivity contribution in [3.05, 3.63) is 24.3 Å². The molecule has 17 heavy (non-hydrogen) atoms. The Balaban J connectivity index is 2.22. The number of hydrogen-bond acceptors (Lipinski definition) is 4. The smallest absolute Gasteiger partial charge is 0.332 e. The van der Waals surface area contributed by atoms with Crippen LogP contribution in [0.25, 0.3) is 0 Å². The van der Waals surface area contributed by atoms with Gasteiger partial charge in [0.1, 0.15) is 4.90 Å². The van der Waals surface area contributed by atoms with Gasteiger partial charge in [-0.1, -0.05) is 6.07 Å². The molecule has 6 heteroatoms. The molecule has 1 aliphatic heterocycles. The number of halogens is 1. The van der Waals surface area contributed by atoms with Gasteiger partial charge < -0.3 is 10.6 Å². The molecule has 1 fully saturated rings. The van der Waals surface area contributed by atoms with Crippen molar-refractivity contribution in [2.24, 2.45) is 5.73 Å². The lowest BCUT2D eigenvalue weighted by Crippen LogP contribution is -2.39. The van der Waals surface area contributed by atoms with Crippen molar-refractivity contribution in [2.75, 3.05) is 18.0 Å². The fourth-order valence-electron chi connectivity index (χ4n) is 1.99. The molecule has 2 rings (SSSR count). The molecule has 0 radical (unpaired) electrons. The first-order valence-electron chi connectivity index (χ1n) is 5.52. The maximum absolute atomic E-state index is 12.9. The van der Waals surface area contributed by atoms with E-state index in [0.29, 0.717) is 0 Å². The van der Waals surface area contributed by atoms with E-state index in [0.717, 1.165) is 31.6 Å². The Bertz CT molecular complexity index is 496.